The summed E-state index contributed by atoms with van der Waals surface area (Å²) >= 11 is 0. The van der Waals surface area contributed by atoms with Crippen molar-refractivity contribution in [3.05, 3.63) is 0 Å². The molecule has 5 heteroatoms. The molecule has 1 aliphatic rings. The van der Waals surface area contributed by atoms with Gasteiger partial charge in [-0.3, -0.25) is 10.4 Å². The number of nitrogens with zero attached hydrogens (tertiary/aromatic N) is 1. The molecule has 5 nitrogen and oxygen atoms in total. The molecule has 0 aromatic carbocycles. The molecule has 0 aromatic rings. The zero-order valence-corrected chi connectivity index (χ0v) is 12.6. The van der Waals surface area contributed by atoms with E-state index in [1.165, 1.54) is 19.3 Å². The van der Waals surface area contributed by atoms with Crippen LogP contribution in [0.4, 0.5) is 0 Å². The van der Waals surface area contributed by atoms with Crippen LogP contribution in [0.3, 0.4) is 0 Å². The van der Waals surface area contributed by atoms with Gasteiger partial charge in [0.2, 0.25) is 5.96 Å². The Morgan fingerprint density at radius 3 is 2.84 bits per heavy atom. The van der Waals surface area contributed by atoms with Crippen molar-refractivity contribution in [1.29, 1.82) is 0 Å². The largest absolute Gasteiger partial charge is 0.382 e. The number of hydrogen-bond donors (Lipinski definition) is 3. The summed E-state index contributed by atoms with van der Waals surface area (Å²) in [5.41, 5.74) is 2.67. The highest BCUT2D eigenvalue weighted by Gasteiger charge is 2.27. The lowest BCUT2D eigenvalue weighted by Crippen LogP contribution is -2.50. The number of ether oxygens (including phenoxy) is 1. The van der Waals surface area contributed by atoms with E-state index in [1.807, 2.05) is 6.92 Å². The molecular formula is C14H30N4O. The molecule has 1 fully saturated rings. The van der Waals surface area contributed by atoms with Crippen molar-refractivity contribution in [3.8, 4) is 0 Å². The summed E-state index contributed by atoms with van der Waals surface area (Å²) in [6.07, 6.45) is 4.74. The Kier molecular flexibility index (Phi) is 7.82. The molecule has 3 atom stereocenters. The first-order valence-electron chi connectivity index (χ1n) is 7.54. The van der Waals surface area contributed by atoms with E-state index in [0.29, 0.717) is 17.9 Å². The van der Waals surface area contributed by atoms with Crippen molar-refractivity contribution in [2.45, 2.75) is 52.5 Å². The predicted molar refractivity (Wildman–Crippen MR) is 79.8 cm³/mol. The van der Waals surface area contributed by atoms with Crippen molar-refractivity contribution in [1.82, 2.24) is 10.7 Å². The number of nitrogens with one attached hydrogen (secondary N) is 2. The molecule has 0 aliphatic heterocycles. The molecule has 0 heterocycles. The minimum atomic E-state index is 0.477. The van der Waals surface area contributed by atoms with Crippen molar-refractivity contribution < 1.29 is 4.74 Å². The number of hydrogen-bond acceptors (Lipinski definition) is 3. The lowest BCUT2D eigenvalue weighted by Gasteiger charge is -2.35. The fraction of sp³-hybridized carbons (Fsp3) is 0.929. The monoisotopic (exact) mass is 270 g/mol. The summed E-state index contributed by atoms with van der Waals surface area (Å²) < 4.78 is 5.29. The summed E-state index contributed by atoms with van der Waals surface area (Å²) in [5.74, 6) is 7.68. The van der Waals surface area contributed by atoms with E-state index in [2.05, 4.69) is 29.6 Å². The van der Waals surface area contributed by atoms with E-state index in [4.69, 9.17) is 10.6 Å². The highest BCUT2D eigenvalue weighted by Crippen LogP contribution is 2.29. The molecule has 1 rings (SSSR count). The molecule has 0 radical (unpaired) electrons. The van der Waals surface area contributed by atoms with Gasteiger partial charge < -0.3 is 10.1 Å². The Balaban J connectivity index is 2.35. The first-order chi connectivity index (χ1) is 9.19. The summed E-state index contributed by atoms with van der Waals surface area (Å²) in [6.45, 7) is 8.90. The number of nitrogens with two attached hydrogens (primary N) is 1. The second-order valence-corrected chi connectivity index (χ2v) is 5.44. The fourth-order valence-electron chi connectivity index (χ4n) is 2.60. The first kappa shape index (κ1) is 16.2. The van der Waals surface area contributed by atoms with Gasteiger partial charge in [0.25, 0.3) is 0 Å². The van der Waals surface area contributed by atoms with Gasteiger partial charge in [-0.1, -0.05) is 26.7 Å². The normalized spacial score (nSPS) is 28.2. The smallest absolute Gasteiger partial charge is 0.205 e. The van der Waals surface area contributed by atoms with Crippen LogP contribution in [0.1, 0.15) is 46.5 Å². The second kappa shape index (κ2) is 9.15. The predicted octanol–water partition coefficient (Wildman–Crippen LogP) is 1.65. The van der Waals surface area contributed by atoms with E-state index in [9.17, 15) is 0 Å². The Labute approximate surface area is 117 Å². The number of guanidine groups is 1. The number of aliphatic imine (C=N–C) groups is 1. The van der Waals surface area contributed by atoms with Crippen LogP contribution in [0.15, 0.2) is 4.99 Å². The van der Waals surface area contributed by atoms with Gasteiger partial charge in [-0.05, 0) is 31.6 Å². The molecule has 0 spiro atoms. The van der Waals surface area contributed by atoms with Gasteiger partial charge in [0.1, 0.15) is 0 Å². The van der Waals surface area contributed by atoms with Crippen LogP contribution in [0, 0.1) is 11.8 Å². The van der Waals surface area contributed by atoms with E-state index >= 15 is 0 Å². The standard InChI is InChI=1S/C14H30N4O/c1-4-19-10-6-9-16-14(18-15)17-13-8-5-7-11(2)12(13)3/h11-13H,4-10,15H2,1-3H3,(H2,16,17,18). The minimum absolute atomic E-state index is 0.477. The molecule has 4 N–H and O–H groups in total. The molecular weight excluding hydrogens is 240 g/mol. The van der Waals surface area contributed by atoms with Crippen LogP contribution in [-0.2, 0) is 4.74 Å². The average Bonchev–Trinajstić information content (AvgIpc) is 2.42. The number of rotatable bonds is 6. The van der Waals surface area contributed by atoms with Gasteiger partial charge in [-0.25, -0.2) is 5.84 Å². The van der Waals surface area contributed by atoms with Crippen molar-refractivity contribution in [2.24, 2.45) is 22.7 Å². The van der Waals surface area contributed by atoms with Crippen LogP contribution in [0.2, 0.25) is 0 Å². The van der Waals surface area contributed by atoms with E-state index in [1.54, 1.807) is 0 Å². The molecule has 0 saturated heterocycles. The van der Waals surface area contributed by atoms with Crippen LogP contribution in [0.25, 0.3) is 0 Å². The summed E-state index contributed by atoms with van der Waals surface area (Å²) in [6, 6.07) is 0.477. The fourth-order valence-corrected chi connectivity index (χ4v) is 2.60. The van der Waals surface area contributed by atoms with Gasteiger partial charge in [0, 0.05) is 25.8 Å². The van der Waals surface area contributed by atoms with Crippen LogP contribution in [-0.4, -0.2) is 31.8 Å². The van der Waals surface area contributed by atoms with E-state index in [0.717, 1.165) is 32.1 Å². The maximum atomic E-state index is 5.54. The van der Waals surface area contributed by atoms with Gasteiger partial charge in [-0.15, -0.1) is 0 Å². The molecule has 1 aliphatic carbocycles. The Bertz CT molecular complexity index is 270. The lowest BCUT2D eigenvalue weighted by molar-refractivity contribution is 0.146. The molecule has 0 amide bonds. The third-order valence-corrected chi connectivity index (χ3v) is 4.09. The van der Waals surface area contributed by atoms with Gasteiger partial charge in [0.15, 0.2) is 0 Å². The van der Waals surface area contributed by atoms with Crippen molar-refractivity contribution in [3.63, 3.8) is 0 Å². The lowest BCUT2D eigenvalue weighted by atomic mass is 9.78. The van der Waals surface area contributed by atoms with Crippen LogP contribution in [0.5, 0.6) is 0 Å². The second-order valence-electron chi connectivity index (χ2n) is 5.44. The molecule has 0 bridgehead atoms. The maximum absolute atomic E-state index is 5.54. The van der Waals surface area contributed by atoms with E-state index in [-0.39, 0.29) is 0 Å². The van der Waals surface area contributed by atoms with E-state index < -0.39 is 0 Å². The molecule has 0 aromatic heterocycles. The topological polar surface area (TPSA) is 71.7 Å². The Hall–Kier alpha value is -0.810. The van der Waals surface area contributed by atoms with Gasteiger partial charge in [-0.2, -0.15) is 0 Å². The molecule has 112 valence electrons. The maximum Gasteiger partial charge on any atom is 0.205 e. The number of hydrazine groups is 1. The van der Waals surface area contributed by atoms with Crippen LogP contribution >= 0.6 is 0 Å². The first-order valence-corrected chi connectivity index (χ1v) is 7.54. The van der Waals surface area contributed by atoms with Crippen LogP contribution < -0.4 is 16.6 Å². The highest BCUT2D eigenvalue weighted by atomic mass is 16.5. The SMILES string of the molecule is CCOCCCN=C(NN)NC1CCCC(C)C1C. The highest BCUT2D eigenvalue weighted by molar-refractivity contribution is 5.79. The third-order valence-electron chi connectivity index (χ3n) is 4.09. The van der Waals surface area contributed by atoms with Crippen molar-refractivity contribution >= 4 is 5.96 Å². The summed E-state index contributed by atoms with van der Waals surface area (Å²) in [4.78, 5) is 4.46. The zero-order valence-electron chi connectivity index (χ0n) is 12.6. The zero-order chi connectivity index (χ0) is 14.1. The average molecular weight is 270 g/mol. The molecule has 19 heavy (non-hydrogen) atoms. The Morgan fingerprint density at radius 2 is 2.16 bits per heavy atom. The van der Waals surface area contributed by atoms with Gasteiger partial charge in [0.05, 0.1) is 0 Å². The Morgan fingerprint density at radius 1 is 1.37 bits per heavy atom. The summed E-state index contributed by atoms with van der Waals surface area (Å²) in [5, 5.41) is 3.45. The summed E-state index contributed by atoms with van der Waals surface area (Å²) in [7, 11) is 0. The minimum Gasteiger partial charge on any atom is -0.382 e. The molecule has 3 unspecified atom stereocenters. The quantitative estimate of drug-likeness (QED) is 0.226. The van der Waals surface area contributed by atoms with Gasteiger partial charge >= 0.3 is 0 Å². The third kappa shape index (κ3) is 5.78. The molecule has 1 saturated carbocycles. The van der Waals surface area contributed by atoms with Crippen molar-refractivity contribution in [2.75, 3.05) is 19.8 Å².